The van der Waals surface area contributed by atoms with Gasteiger partial charge < -0.3 is 28.2 Å². The van der Waals surface area contributed by atoms with Crippen LogP contribution >= 0.6 is 0 Å². The molecular weight excluding hydrogens is 132 g/mol. The van der Waals surface area contributed by atoms with Crippen molar-refractivity contribution in [3.8, 4) is 0 Å². The molecule has 0 fully saturated rings. The minimum atomic E-state index is -5.61. The Bertz CT molecular complexity index is 23.0. The Morgan fingerprint density at radius 3 is 0.833 bits per heavy atom. The Hall–Kier alpha value is 1.32. The van der Waals surface area contributed by atoms with E-state index in [0.29, 0.717) is 0 Å². The molecular formula is CaO4Si-2. The molecule has 0 aromatic rings. The predicted molar refractivity (Wildman–Crippen MR) is 11.5 cm³/mol. The van der Waals surface area contributed by atoms with Crippen molar-refractivity contribution in [2.45, 2.75) is 0 Å². The fourth-order valence-electron chi connectivity index (χ4n) is 0. The van der Waals surface area contributed by atoms with Gasteiger partial charge in [0.2, 0.25) is 0 Å². The maximum absolute atomic E-state index is 8.58. The molecule has 0 spiro atoms. The molecule has 0 aliphatic carbocycles. The quantitative estimate of drug-likeness (QED) is 0.307. The minimum Gasteiger partial charge on any atom is -0.894 e. The van der Waals surface area contributed by atoms with Gasteiger partial charge in [-0.25, -0.2) is 0 Å². The van der Waals surface area contributed by atoms with Crippen LogP contribution in [0, 0.1) is 0 Å². The Labute approximate surface area is 65.5 Å². The zero-order valence-corrected chi connectivity index (χ0v) is 6.05. The van der Waals surface area contributed by atoms with Crippen LogP contribution in [0.15, 0.2) is 0 Å². The topological polar surface area (TPSA) is 92.2 Å². The summed E-state index contributed by atoms with van der Waals surface area (Å²) in [5, 5.41) is 0. The third-order valence-corrected chi connectivity index (χ3v) is 0. The molecule has 0 saturated carbocycles. The van der Waals surface area contributed by atoms with Gasteiger partial charge in [-0.05, 0) is 0 Å². The average molecular weight is 132 g/mol. The van der Waals surface area contributed by atoms with E-state index in [4.69, 9.17) is 19.2 Å². The summed E-state index contributed by atoms with van der Waals surface area (Å²) in [6.07, 6.45) is 0. The first-order valence-corrected chi connectivity index (χ1v) is 2.45. The van der Waals surface area contributed by atoms with Crippen LogP contribution < -0.4 is 19.2 Å². The summed E-state index contributed by atoms with van der Waals surface area (Å²) in [7, 11) is -5.61. The molecule has 0 bridgehead atoms. The van der Waals surface area contributed by atoms with Gasteiger partial charge in [0.05, 0.1) is 0 Å². The summed E-state index contributed by atoms with van der Waals surface area (Å²) in [4.78, 5) is 34.3. The fourth-order valence-corrected chi connectivity index (χ4v) is 0. The Kier molecular flexibility index (Phi) is 5.74. The van der Waals surface area contributed by atoms with E-state index in [1.54, 1.807) is 0 Å². The molecule has 0 heterocycles. The van der Waals surface area contributed by atoms with E-state index in [2.05, 4.69) is 0 Å². The normalized spacial score (nSPS) is 10.0. The standard InChI is InChI=1S/Ca.O4Si/c;1-5(2,3)4/q+2;-4. The molecule has 0 aliphatic heterocycles. The fraction of sp³-hybridized carbons (Fsp3) is 0. The number of rotatable bonds is 0. The monoisotopic (exact) mass is 132 g/mol. The van der Waals surface area contributed by atoms with Crippen LogP contribution in [0.4, 0.5) is 0 Å². The van der Waals surface area contributed by atoms with Gasteiger partial charge in [0.25, 0.3) is 0 Å². The van der Waals surface area contributed by atoms with E-state index in [9.17, 15) is 0 Å². The summed E-state index contributed by atoms with van der Waals surface area (Å²) in [6, 6.07) is 0. The Morgan fingerprint density at radius 1 is 0.833 bits per heavy atom. The summed E-state index contributed by atoms with van der Waals surface area (Å²) in [6.45, 7) is 0. The molecule has 0 unspecified atom stereocenters. The molecule has 0 radical (unpaired) electrons. The zero-order chi connectivity index (χ0) is 4.50. The Balaban J connectivity index is 0. The molecule has 0 saturated heterocycles. The molecule has 0 N–H and O–H groups in total. The van der Waals surface area contributed by atoms with Crippen molar-refractivity contribution in [2.75, 3.05) is 0 Å². The number of hydrogen-bond donors (Lipinski definition) is 0. The first-order valence-electron chi connectivity index (χ1n) is 0.816. The molecule has 6 heteroatoms. The maximum Gasteiger partial charge on any atom is 2.00 e. The summed E-state index contributed by atoms with van der Waals surface area (Å²) < 4.78 is 0. The first kappa shape index (κ1) is 10.3. The van der Waals surface area contributed by atoms with Gasteiger partial charge in [-0.15, -0.1) is 0 Å². The van der Waals surface area contributed by atoms with Crippen molar-refractivity contribution in [1.29, 1.82) is 0 Å². The van der Waals surface area contributed by atoms with Crippen LogP contribution in [0.3, 0.4) is 0 Å². The molecule has 6 heavy (non-hydrogen) atoms. The SMILES string of the molecule is [Ca+2].[O-][Si]([O-])([O-])[O-]. The van der Waals surface area contributed by atoms with Gasteiger partial charge in [0, 0.05) is 0 Å². The molecule has 0 amide bonds. The zero-order valence-electron chi connectivity index (χ0n) is 2.84. The maximum atomic E-state index is 8.58. The second-order valence-corrected chi connectivity index (χ2v) is 1.50. The van der Waals surface area contributed by atoms with Crippen LogP contribution in [0.2, 0.25) is 0 Å². The molecule has 0 rings (SSSR count). The summed E-state index contributed by atoms with van der Waals surface area (Å²) in [5.74, 6) is 0. The molecule has 0 aromatic carbocycles. The van der Waals surface area contributed by atoms with E-state index in [1.165, 1.54) is 0 Å². The second kappa shape index (κ2) is 3.34. The third-order valence-electron chi connectivity index (χ3n) is 0. The van der Waals surface area contributed by atoms with Gasteiger partial charge in [0.1, 0.15) is 0 Å². The number of hydrogen-bond acceptors (Lipinski definition) is 4. The van der Waals surface area contributed by atoms with Gasteiger partial charge >= 0.3 is 37.7 Å². The van der Waals surface area contributed by atoms with E-state index in [1.807, 2.05) is 0 Å². The van der Waals surface area contributed by atoms with Gasteiger partial charge in [-0.3, -0.25) is 0 Å². The van der Waals surface area contributed by atoms with Crippen LogP contribution in [0.5, 0.6) is 0 Å². The van der Waals surface area contributed by atoms with Gasteiger partial charge in [-0.2, -0.15) is 0 Å². The van der Waals surface area contributed by atoms with Crippen LogP contribution in [0.25, 0.3) is 0 Å². The van der Waals surface area contributed by atoms with Crippen molar-refractivity contribution >= 4 is 46.8 Å². The van der Waals surface area contributed by atoms with Crippen molar-refractivity contribution in [1.82, 2.24) is 0 Å². The van der Waals surface area contributed by atoms with Crippen LogP contribution in [-0.4, -0.2) is 46.8 Å². The van der Waals surface area contributed by atoms with Crippen molar-refractivity contribution in [3.05, 3.63) is 0 Å². The first-order chi connectivity index (χ1) is 2.00. The summed E-state index contributed by atoms with van der Waals surface area (Å²) in [5.41, 5.74) is 0. The predicted octanol–water partition coefficient (Wildman–Crippen LogP) is -5.52. The van der Waals surface area contributed by atoms with Crippen molar-refractivity contribution < 1.29 is 19.2 Å². The van der Waals surface area contributed by atoms with Gasteiger partial charge in [-0.1, -0.05) is 0 Å². The molecule has 0 atom stereocenters. The van der Waals surface area contributed by atoms with E-state index >= 15 is 0 Å². The second-order valence-electron chi connectivity index (χ2n) is 0.500. The minimum absolute atomic E-state index is 0. The largest absolute Gasteiger partial charge is 2.00 e. The summed E-state index contributed by atoms with van der Waals surface area (Å²) >= 11 is 0. The van der Waals surface area contributed by atoms with E-state index in [0.717, 1.165) is 0 Å². The average Bonchev–Trinajstić information content (AvgIpc) is 0.722. The van der Waals surface area contributed by atoms with Crippen LogP contribution in [-0.2, 0) is 0 Å². The van der Waals surface area contributed by atoms with E-state index in [-0.39, 0.29) is 37.7 Å². The molecule has 0 aromatic heterocycles. The molecule has 32 valence electrons. The smallest absolute Gasteiger partial charge is 0.894 e. The van der Waals surface area contributed by atoms with Gasteiger partial charge in [0.15, 0.2) is 0 Å². The molecule has 0 aliphatic rings. The van der Waals surface area contributed by atoms with Crippen molar-refractivity contribution in [3.63, 3.8) is 0 Å². The third kappa shape index (κ3) is 57.1. The van der Waals surface area contributed by atoms with Crippen molar-refractivity contribution in [2.24, 2.45) is 0 Å². The molecule has 4 nitrogen and oxygen atoms in total. The van der Waals surface area contributed by atoms with E-state index < -0.39 is 9.05 Å². The van der Waals surface area contributed by atoms with Crippen LogP contribution in [0.1, 0.15) is 0 Å². The Morgan fingerprint density at radius 2 is 0.833 bits per heavy atom.